The van der Waals surface area contributed by atoms with E-state index in [1.807, 2.05) is 12.3 Å². The molecule has 0 atom stereocenters. The van der Waals surface area contributed by atoms with E-state index < -0.39 is 0 Å². The van der Waals surface area contributed by atoms with Gasteiger partial charge in [-0.15, -0.1) is 0 Å². The van der Waals surface area contributed by atoms with Gasteiger partial charge in [0.1, 0.15) is 0 Å². The van der Waals surface area contributed by atoms with E-state index in [1.165, 1.54) is 110 Å². The average Bonchev–Trinajstić information content (AvgIpc) is 3.85. The Morgan fingerprint density at radius 3 is 1.48 bits per heavy atom. The highest BCUT2D eigenvalue weighted by Gasteiger charge is 2.32. The van der Waals surface area contributed by atoms with Crippen molar-refractivity contribution in [3.63, 3.8) is 0 Å². The molecule has 2 heteroatoms. The molecule has 0 N–H and O–H groups in total. The van der Waals surface area contributed by atoms with Crippen molar-refractivity contribution in [3.05, 3.63) is 206 Å². The average molecular weight is 783 g/mol. The summed E-state index contributed by atoms with van der Waals surface area (Å²) in [5.41, 5.74) is 21.8. The molecule has 10 aromatic carbocycles. The topological polar surface area (TPSA) is 25.8 Å². The van der Waals surface area contributed by atoms with Gasteiger partial charge in [-0.25, -0.2) is 4.98 Å². The van der Waals surface area contributed by atoms with E-state index in [0.29, 0.717) is 0 Å². The number of rotatable bonds is 4. The lowest BCUT2D eigenvalue weighted by Gasteiger charge is -2.20. The van der Waals surface area contributed by atoms with Crippen molar-refractivity contribution in [1.29, 1.82) is 0 Å². The summed E-state index contributed by atoms with van der Waals surface area (Å²) in [7, 11) is 0. The zero-order chi connectivity index (χ0) is 40.5. The maximum atomic E-state index is 5.21. The first-order valence-electron chi connectivity index (χ1n) is 21.4. The monoisotopic (exact) mass is 782 g/mol. The molecule has 2 aliphatic carbocycles. The Balaban J connectivity index is 0.969. The van der Waals surface area contributed by atoms with Crippen LogP contribution in [0, 0.1) is 0 Å². The van der Waals surface area contributed by atoms with Crippen LogP contribution in [0.1, 0.15) is 0 Å². The quantitative estimate of drug-likeness (QED) is 0.166. The van der Waals surface area contributed by atoms with Gasteiger partial charge in [-0.2, -0.15) is 0 Å². The Bertz CT molecular complexity index is 3810. The number of pyridine rings is 2. The van der Waals surface area contributed by atoms with Crippen LogP contribution in [0.15, 0.2) is 206 Å². The molecule has 0 saturated heterocycles. The van der Waals surface area contributed by atoms with Crippen molar-refractivity contribution in [2.24, 2.45) is 0 Å². The Morgan fingerprint density at radius 2 is 0.790 bits per heavy atom. The van der Waals surface area contributed by atoms with Gasteiger partial charge in [0.25, 0.3) is 0 Å². The molecular weight excluding hydrogens is 749 g/mol. The minimum atomic E-state index is 0.936. The molecule has 0 bridgehead atoms. The van der Waals surface area contributed by atoms with Gasteiger partial charge in [0.2, 0.25) is 0 Å². The highest BCUT2D eigenvalue weighted by Crippen LogP contribution is 2.59. The molecular formula is C60H34N2. The van der Waals surface area contributed by atoms with E-state index in [4.69, 9.17) is 9.97 Å². The van der Waals surface area contributed by atoms with Crippen molar-refractivity contribution in [2.75, 3.05) is 0 Å². The van der Waals surface area contributed by atoms with Crippen molar-refractivity contribution < 1.29 is 0 Å². The largest absolute Gasteiger partial charge is 0.254 e. The number of nitrogens with zero attached hydrogens (tertiary/aromatic N) is 2. The van der Waals surface area contributed by atoms with Gasteiger partial charge in [0.15, 0.2) is 0 Å². The number of hydrogen-bond acceptors (Lipinski definition) is 2. The first-order chi connectivity index (χ1) is 30.8. The third-order valence-corrected chi connectivity index (χ3v) is 13.6. The summed E-state index contributed by atoms with van der Waals surface area (Å²) >= 11 is 0. The summed E-state index contributed by atoms with van der Waals surface area (Å²) in [4.78, 5) is 9.92. The van der Waals surface area contributed by atoms with E-state index in [0.717, 1.165) is 33.1 Å². The number of benzene rings is 10. The summed E-state index contributed by atoms with van der Waals surface area (Å²) in [6, 6.07) is 73.8. The van der Waals surface area contributed by atoms with E-state index in [2.05, 4.69) is 194 Å². The van der Waals surface area contributed by atoms with E-state index >= 15 is 0 Å². The molecule has 2 aliphatic rings. The third-order valence-electron chi connectivity index (χ3n) is 13.6. The molecule has 0 radical (unpaired) electrons. The summed E-state index contributed by atoms with van der Waals surface area (Å²) in [6.45, 7) is 0. The highest BCUT2D eigenvalue weighted by atomic mass is 14.8. The summed E-state index contributed by atoms with van der Waals surface area (Å²) in [5, 5.41) is 9.94. The Hall–Kier alpha value is -8.20. The van der Waals surface area contributed by atoms with Gasteiger partial charge in [-0.3, -0.25) is 4.98 Å². The van der Waals surface area contributed by atoms with E-state index in [-0.39, 0.29) is 0 Å². The minimum Gasteiger partial charge on any atom is -0.254 e. The lowest BCUT2D eigenvalue weighted by molar-refractivity contribution is 1.37. The van der Waals surface area contributed by atoms with Gasteiger partial charge in [0.05, 0.1) is 16.7 Å². The zero-order valence-corrected chi connectivity index (χ0v) is 33.5. The van der Waals surface area contributed by atoms with Crippen LogP contribution in [-0.2, 0) is 0 Å². The fraction of sp³-hybridized carbons (Fsp3) is 0. The molecule has 12 aromatic rings. The second kappa shape index (κ2) is 12.7. The second-order valence-electron chi connectivity index (χ2n) is 16.7. The summed E-state index contributed by atoms with van der Waals surface area (Å²) in [6.07, 6.45) is 1.85. The van der Waals surface area contributed by atoms with Gasteiger partial charge in [-0.1, -0.05) is 182 Å². The maximum absolute atomic E-state index is 5.21. The molecule has 0 unspecified atom stereocenters. The van der Waals surface area contributed by atoms with Crippen LogP contribution in [0.25, 0.3) is 143 Å². The molecule has 62 heavy (non-hydrogen) atoms. The van der Waals surface area contributed by atoms with Crippen LogP contribution in [0.2, 0.25) is 0 Å². The first-order valence-corrected chi connectivity index (χ1v) is 21.4. The molecule has 2 heterocycles. The number of fused-ring (bicyclic) bond motifs is 10. The standard InChI is InChI=1S/C60H34N2/c1-3-12-35(13-4-1)53-45-17-7-8-18-46(45)54(36-14-5-2-6-15-36)58-50-31-29-41(44-20-10-22-49(56(44)50)57(53)58)40-28-30-48-42-27-25-39(34-51(42)47-21-9-19-43(40)55(47)48)52-32-26-38-24-23-37-16-11-33-61-59(37)60(38)62-52/h1-34H. The molecule has 0 aliphatic heterocycles. The van der Waals surface area contributed by atoms with Crippen LogP contribution < -0.4 is 0 Å². The summed E-state index contributed by atoms with van der Waals surface area (Å²) in [5.74, 6) is 0. The Kier molecular flexibility index (Phi) is 6.86. The molecule has 0 amide bonds. The second-order valence-corrected chi connectivity index (χ2v) is 16.7. The highest BCUT2D eigenvalue weighted by molar-refractivity contribution is 6.30. The van der Waals surface area contributed by atoms with Crippen molar-refractivity contribution in [2.45, 2.75) is 0 Å². The zero-order valence-electron chi connectivity index (χ0n) is 33.5. The van der Waals surface area contributed by atoms with E-state index in [1.54, 1.807) is 0 Å². The van der Waals surface area contributed by atoms with Gasteiger partial charge in [0, 0.05) is 22.5 Å². The van der Waals surface area contributed by atoms with Crippen molar-refractivity contribution >= 4 is 54.1 Å². The van der Waals surface area contributed by atoms with Crippen molar-refractivity contribution in [1.82, 2.24) is 9.97 Å². The molecule has 14 rings (SSSR count). The molecule has 0 saturated carbocycles. The van der Waals surface area contributed by atoms with Crippen LogP contribution in [0.3, 0.4) is 0 Å². The third kappa shape index (κ3) is 4.58. The SMILES string of the molecule is c1ccc(-c2c3c(c(-c4ccccc4)c4ccccc24)-c2ccc(-c4ccc5c6c(cccc46)-c4cc(-c6ccc7ccc8cccnc8c7n6)ccc4-5)c4cccc-3c24)cc1. The normalized spacial score (nSPS) is 12.2. The van der Waals surface area contributed by atoms with E-state index in [9.17, 15) is 0 Å². The lowest BCUT2D eigenvalue weighted by atomic mass is 9.82. The summed E-state index contributed by atoms with van der Waals surface area (Å²) < 4.78 is 0. The lowest BCUT2D eigenvalue weighted by Crippen LogP contribution is -1.93. The first kappa shape index (κ1) is 33.6. The number of hydrogen-bond donors (Lipinski definition) is 0. The van der Waals surface area contributed by atoms with Crippen LogP contribution >= 0.6 is 0 Å². The Morgan fingerprint density at radius 1 is 0.274 bits per heavy atom. The van der Waals surface area contributed by atoms with Gasteiger partial charge >= 0.3 is 0 Å². The fourth-order valence-corrected chi connectivity index (χ4v) is 11.0. The maximum Gasteiger partial charge on any atom is 0.0972 e. The molecule has 0 spiro atoms. The predicted octanol–water partition coefficient (Wildman–Crippen LogP) is 16.2. The van der Waals surface area contributed by atoms with Crippen LogP contribution in [-0.4, -0.2) is 9.97 Å². The molecule has 2 nitrogen and oxygen atoms in total. The molecule has 284 valence electrons. The minimum absolute atomic E-state index is 0.936. The van der Waals surface area contributed by atoms with Gasteiger partial charge < -0.3 is 0 Å². The van der Waals surface area contributed by atoms with Gasteiger partial charge in [-0.05, 0) is 128 Å². The molecule has 2 aromatic heterocycles. The Labute approximate surface area is 358 Å². The smallest absolute Gasteiger partial charge is 0.0972 e. The van der Waals surface area contributed by atoms with Crippen LogP contribution in [0.4, 0.5) is 0 Å². The molecule has 0 fully saturated rings. The predicted molar refractivity (Wildman–Crippen MR) is 260 cm³/mol. The van der Waals surface area contributed by atoms with Crippen molar-refractivity contribution in [3.8, 4) is 89.1 Å². The van der Waals surface area contributed by atoms with Crippen LogP contribution in [0.5, 0.6) is 0 Å². The fourth-order valence-electron chi connectivity index (χ4n) is 11.0. The number of aromatic nitrogens is 2.